The van der Waals surface area contributed by atoms with Gasteiger partial charge < -0.3 is 5.32 Å². The predicted molar refractivity (Wildman–Crippen MR) is 66.6 cm³/mol. The van der Waals surface area contributed by atoms with Gasteiger partial charge in [-0.2, -0.15) is 5.10 Å². The van der Waals surface area contributed by atoms with Gasteiger partial charge in [0.15, 0.2) is 5.11 Å². The maximum atomic E-state index is 11.5. The van der Waals surface area contributed by atoms with Crippen molar-refractivity contribution in [1.29, 1.82) is 0 Å². The number of carbonyl (C=O) groups excluding carboxylic acids is 1. The Balaban J connectivity index is 2.59. The van der Waals surface area contributed by atoms with E-state index >= 15 is 0 Å². The number of hydrogen-bond donors (Lipinski definition) is 1. The quantitative estimate of drug-likeness (QED) is 0.375. The molecule has 1 heterocycles. The van der Waals surface area contributed by atoms with Crippen LogP contribution in [0.1, 0.15) is 9.67 Å². The predicted octanol–water partition coefficient (Wildman–Crippen LogP) is 1.35. The molecule has 15 heavy (non-hydrogen) atoms. The Morgan fingerprint density at radius 1 is 1.73 bits per heavy atom. The summed E-state index contributed by atoms with van der Waals surface area (Å²) in [5.74, 6) is -0.115. The van der Waals surface area contributed by atoms with Crippen LogP contribution in [0.4, 0.5) is 0 Å². The molecular weight excluding hydrogens is 230 g/mol. The highest BCUT2D eigenvalue weighted by Crippen LogP contribution is 2.07. The first-order valence-corrected chi connectivity index (χ1v) is 5.51. The van der Waals surface area contributed by atoms with Crippen molar-refractivity contribution in [2.75, 3.05) is 14.1 Å². The van der Waals surface area contributed by atoms with Crippen LogP contribution in [-0.4, -0.2) is 36.2 Å². The number of nitrogens with zero attached hydrogens (tertiary/aromatic N) is 2. The zero-order valence-corrected chi connectivity index (χ0v) is 10.1. The Morgan fingerprint density at radius 2 is 2.47 bits per heavy atom. The van der Waals surface area contributed by atoms with Crippen LogP contribution in [0.3, 0.4) is 0 Å². The highest BCUT2D eigenvalue weighted by atomic mass is 32.1. The number of ketones is 1. The molecular formula is C9H11N3OS2. The number of hydrazone groups is 1. The highest BCUT2D eigenvalue weighted by Gasteiger charge is 2.04. The first-order chi connectivity index (χ1) is 7.15. The summed E-state index contributed by atoms with van der Waals surface area (Å²) < 4.78 is 0. The molecule has 0 aliphatic rings. The molecule has 0 aromatic carbocycles. The van der Waals surface area contributed by atoms with Gasteiger partial charge in [-0.05, 0) is 23.7 Å². The van der Waals surface area contributed by atoms with Gasteiger partial charge in [-0.15, -0.1) is 11.3 Å². The van der Waals surface area contributed by atoms with Gasteiger partial charge in [-0.3, -0.25) is 4.79 Å². The minimum Gasteiger partial charge on any atom is -0.364 e. The molecule has 0 radical (unpaired) electrons. The van der Waals surface area contributed by atoms with E-state index in [0.717, 1.165) is 0 Å². The van der Waals surface area contributed by atoms with Crippen LogP contribution in [0.2, 0.25) is 0 Å². The summed E-state index contributed by atoms with van der Waals surface area (Å²) in [6.45, 7) is 0. The van der Waals surface area contributed by atoms with Crippen LogP contribution in [0.5, 0.6) is 0 Å². The maximum absolute atomic E-state index is 11.5. The summed E-state index contributed by atoms with van der Waals surface area (Å²) >= 11 is 6.31. The van der Waals surface area contributed by atoms with Gasteiger partial charge in [-0.25, -0.2) is 5.01 Å². The number of thiocarbonyl (C=S) groups is 1. The Hall–Kier alpha value is -1.27. The minimum atomic E-state index is -0.115. The largest absolute Gasteiger partial charge is 0.364 e. The molecule has 0 unspecified atom stereocenters. The van der Waals surface area contributed by atoms with Crippen LogP contribution >= 0.6 is 23.6 Å². The van der Waals surface area contributed by atoms with Gasteiger partial charge in [0, 0.05) is 14.1 Å². The lowest BCUT2D eigenvalue weighted by molar-refractivity contribution is 0.107. The molecule has 1 aromatic heterocycles. The van der Waals surface area contributed by atoms with E-state index in [1.165, 1.54) is 22.6 Å². The lowest BCUT2D eigenvalue weighted by Gasteiger charge is -2.11. The van der Waals surface area contributed by atoms with Crippen LogP contribution in [-0.2, 0) is 0 Å². The van der Waals surface area contributed by atoms with Gasteiger partial charge in [0.05, 0.1) is 11.1 Å². The summed E-state index contributed by atoms with van der Waals surface area (Å²) in [5, 5.41) is 10.4. The van der Waals surface area contributed by atoms with Crippen molar-refractivity contribution in [3.05, 3.63) is 22.4 Å². The van der Waals surface area contributed by atoms with E-state index in [4.69, 9.17) is 12.2 Å². The van der Waals surface area contributed by atoms with Crippen LogP contribution in [0.15, 0.2) is 22.6 Å². The Morgan fingerprint density at radius 3 is 3.00 bits per heavy atom. The number of Topliss-reactive ketones (excluding diaryl/α,β-unsaturated/α-hetero) is 1. The Kier molecular flexibility index (Phi) is 4.38. The first kappa shape index (κ1) is 11.8. The van der Waals surface area contributed by atoms with Crippen molar-refractivity contribution < 1.29 is 4.79 Å². The highest BCUT2D eigenvalue weighted by molar-refractivity contribution is 7.80. The zero-order valence-electron chi connectivity index (χ0n) is 8.43. The van der Waals surface area contributed by atoms with Crippen LogP contribution in [0.25, 0.3) is 0 Å². The molecule has 0 aliphatic heterocycles. The van der Waals surface area contributed by atoms with Gasteiger partial charge >= 0.3 is 0 Å². The molecule has 1 aromatic rings. The smallest absolute Gasteiger partial charge is 0.215 e. The van der Waals surface area contributed by atoms with Crippen molar-refractivity contribution in [1.82, 2.24) is 10.3 Å². The van der Waals surface area contributed by atoms with Crippen LogP contribution in [0, 0.1) is 0 Å². The monoisotopic (exact) mass is 241 g/mol. The molecule has 0 fully saturated rings. The number of hydrogen-bond acceptors (Lipinski definition) is 4. The standard InChI is InChI=1S/C9H11N3OS2/c1-10-9(14)12(2)11-6-7(13)8-4-3-5-15-8/h3-6H,1-2H3,(H,10,14)/b11-6-. The van der Waals surface area contributed by atoms with Crippen molar-refractivity contribution in [2.45, 2.75) is 0 Å². The SMILES string of the molecule is CNC(=S)N(C)/N=C\C(=O)c1cccs1. The fourth-order valence-corrected chi connectivity index (χ4v) is 1.51. The maximum Gasteiger partial charge on any atom is 0.215 e. The number of thiophene rings is 1. The number of rotatable bonds is 3. The molecule has 6 heteroatoms. The third-order valence-electron chi connectivity index (χ3n) is 1.62. The van der Waals surface area contributed by atoms with E-state index in [0.29, 0.717) is 9.99 Å². The van der Waals surface area contributed by atoms with Gasteiger partial charge in [0.25, 0.3) is 0 Å². The molecule has 0 saturated heterocycles. The van der Waals surface area contributed by atoms with Gasteiger partial charge in [0.2, 0.25) is 5.78 Å². The lowest BCUT2D eigenvalue weighted by Crippen LogP contribution is -2.31. The second-order valence-electron chi connectivity index (χ2n) is 2.66. The number of nitrogens with one attached hydrogen (secondary N) is 1. The fourth-order valence-electron chi connectivity index (χ4n) is 0.836. The molecule has 0 spiro atoms. The third kappa shape index (κ3) is 3.41. The van der Waals surface area contributed by atoms with Crippen molar-refractivity contribution in [3.8, 4) is 0 Å². The van der Waals surface area contributed by atoms with E-state index in [2.05, 4.69) is 10.4 Å². The van der Waals surface area contributed by atoms with Gasteiger partial charge in [-0.1, -0.05) is 6.07 Å². The molecule has 4 nitrogen and oxygen atoms in total. The van der Waals surface area contributed by atoms with E-state index < -0.39 is 0 Å². The Labute approximate surface area is 97.6 Å². The third-order valence-corrected chi connectivity index (χ3v) is 2.97. The summed E-state index contributed by atoms with van der Waals surface area (Å²) in [7, 11) is 3.38. The van der Waals surface area contributed by atoms with E-state index in [1.807, 2.05) is 11.4 Å². The molecule has 0 saturated carbocycles. The van der Waals surface area contributed by atoms with E-state index in [9.17, 15) is 4.79 Å². The van der Waals surface area contributed by atoms with Crippen molar-refractivity contribution in [2.24, 2.45) is 5.10 Å². The molecule has 0 amide bonds. The molecule has 1 rings (SSSR count). The van der Waals surface area contributed by atoms with Crippen molar-refractivity contribution in [3.63, 3.8) is 0 Å². The van der Waals surface area contributed by atoms with Crippen molar-refractivity contribution >= 4 is 40.7 Å². The molecule has 1 N–H and O–H groups in total. The second kappa shape index (κ2) is 5.57. The van der Waals surface area contributed by atoms with Gasteiger partial charge in [0.1, 0.15) is 0 Å². The zero-order chi connectivity index (χ0) is 11.3. The van der Waals surface area contributed by atoms with Crippen LogP contribution < -0.4 is 5.32 Å². The summed E-state index contributed by atoms with van der Waals surface area (Å²) in [4.78, 5) is 12.2. The Bertz CT molecular complexity index is 373. The second-order valence-corrected chi connectivity index (χ2v) is 4.00. The normalized spacial score (nSPS) is 10.3. The molecule has 0 bridgehead atoms. The average Bonchev–Trinajstić information content (AvgIpc) is 2.77. The molecule has 80 valence electrons. The number of carbonyl (C=O) groups is 1. The summed E-state index contributed by atoms with van der Waals surface area (Å²) in [6.07, 6.45) is 1.26. The first-order valence-electron chi connectivity index (χ1n) is 4.22. The van der Waals surface area contributed by atoms with E-state index in [-0.39, 0.29) is 5.78 Å². The molecule has 0 aliphatic carbocycles. The topological polar surface area (TPSA) is 44.7 Å². The average molecular weight is 241 g/mol. The summed E-state index contributed by atoms with van der Waals surface area (Å²) in [6, 6.07) is 3.59. The van der Waals surface area contributed by atoms with E-state index in [1.54, 1.807) is 20.2 Å². The molecule has 0 atom stereocenters. The lowest BCUT2D eigenvalue weighted by atomic mass is 10.3. The minimum absolute atomic E-state index is 0.115. The fraction of sp³-hybridized carbons (Fsp3) is 0.222. The summed E-state index contributed by atoms with van der Waals surface area (Å²) in [5.41, 5.74) is 0.